The number of Topliss-reactive ketones (excluding diaryl/α,β-unsaturated/α-hetero) is 1. The fraction of sp³-hybridized carbons (Fsp3) is 0.545. The lowest BCUT2D eigenvalue weighted by atomic mass is 9.85. The van der Waals surface area contributed by atoms with Gasteiger partial charge in [-0.05, 0) is 51.1 Å². The van der Waals surface area contributed by atoms with Crippen LogP contribution in [-0.2, 0) is 38.1 Å². The number of ether oxygens (including phenoxy) is 4. The zero-order valence-corrected chi connectivity index (χ0v) is 27.7. The highest BCUT2D eigenvalue weighted by Crippen LogP contribution is 2.30. The zero-order valence-electron chi connectivity index (χ0n) is 27.7. The first-order valence-corrected chi connectivity index (χ1v) is 15.2. The van der Waals surface area contributed by atoms with E-state index in [1.165, 1.54) is 20.3 Å². The topological polar surface area (TPSA) is 198 Å². The molecule has 254 valence electrons. The quantitative estimate of drug-likeness (QED) is 0.172. The summed E-state index contributed by atoms with van der Waals surface area (Å²) in [7, 11) is 4.48. The fourth-order valence-electron chi connectivity index (χ4n) is 5.48. The van der Waals surface area contributed by atoms with Gasteiger partial charge < -0.3 is 41.0 Å². The Bertz CT molecular complexity index is 1310. The molecule has 0 fully saturated rings. The highest BCUT2D eigenvalue weighted by atomic mass is 16.6. The van der Waals surface area contributed by atoms with Gasteiger partial charge in [0.2, 0.25) is 11.6 Å². The number of nitrogens with two attached hydrogens (primary N) is 2. The second-order valence-electron chi connectivity index (χ2n) is 11.5. The van der Waals surface area contributed by atoms with E-state index >= 15 is 0 Å². The van der Waals surface area contributed by atoms with Crippen molar-refractivity contribution in [1.29, 1.82) is 0 Å². The third-order valence-electron chi connectivity index (χ3n) is 7.86. The smallest absolute Gasteiger partial charge is 0.405 e. The number of ketones is 2. The maximum atomic E-state index is 13.6. The molecule has 0 aromatic carbocycles. The number of fused-ring (bicyclic) bond motifs is 2. The van der Waals surface area contributed by atoms with Crippen LogP contribution in [0.15, 0.2) is 58.5 Å². The van der Waals surface area contributed by atoms with Crippen molar-refractivity contribution in [1.82, 2.24) is 10.6 Å². The first-order chi connectivity index (χ1) is 21.8. The molecule has 0 aromatic rings. The minimum absolute atomic E-state index is 0.112. The monoisotopic (exact) mass is 644 g/mol. The molecule has 2 bridgehead atoms. The standard InChI is InChI=1S/C33H48N4O9/c1-18-14-22-28(36-5)24(38)17-23(29(22)40)37-32(41)19(2)10-8-11-25(43-6)30(46-33(35)42)20(3)16-21(4)31(26(15-18)44-7)45-27(39)12-9-13-34/h8,10-11,16-18,21,25-26,30-31,36H,9,12-15,34H2,1-7H3,(H2,35,42)(H,37,41)/b11-8-,19-10+,20-16+/t18?,21-,25-,26?,30-,31+/m1/s1. The molecule has 6 atom stereocenters. The van der Waals surface area contributed by atoms with Crippen LogP contribution in [-0.4, -0.2) is 81.8 Å². The Labute approximate surface area is 270 Å². The second-order valence-corrected chi connectivity index (χ2v) is 11.5. The molecule has 2 unspecified atom stereocenters. The van der Waals surface area contributed by atoms with Crippen LogP contribution in [0.2, 0.25) is 0 Å². The molecule has 0 spiro atoms. The van der Waals surface area contributed by atoms with Crippen LogP contribution in [0.4, 0.5) is 4.79 Å². The number of allylic oxidation sites excluding steroid dienone is 4. The van der Waals surface area contributed by atoms with Crippen molar-refractivity contribution in [3.63, 3.8) is 0 Å². The molecule has 13 nitrogen and oxygen atoms in total. The number of primary amides is 1. The van der Waals surface area contributed by atoms with Crippen LogP contribution < -0.4 is 22.1 Å². The van der Waals surface area contributed by atoms with E-state index in [9.17, 15) is 24.0 Å². The van der Waals surface area contributed by atoms with E-state index in [1.54, 1.807) is 39.1 Å². The lowest BCUT2D eigenvalue weighted by molar-refractivity contribution is -0.160. The van der Waals surface area contributed by atoms with Crippen molar-refractivity contribution < 1.29 is 42.9 Å². The molecule has 0 radical (unpaired) electrons. The van der Waals surface area contributed by atoms with Crippen LogP contribution in [0.1, 0.15) is 53.4 Å². The normalized spacial score (nSPS) is 29.8. The number of carbonyl (C=O) groups is 5. The highest BCUT2D eigenvalue weighted by molar-refractivity contribution is 6.23. The van der Waals surface area contributed by atoms with Crippen LogP contribution in [0, 0.1) is 11.8 Å². The maximum absolute atomic E-state index is 13.6. The van der Waals surface area contributed by atoms with E-state index in [0.29, 0.717) is 25.0 Å². The number of esters is 1. The molecule has 13 heteroatoms. The van der Waals surface area contributed by atoms with Gasteiger partial charge in [-0.3, -0.25) is 19.2 Å². The molecule has 1 heterocycles. The van der Waals surface area contributed by atoms with Gasteiger partial charge in [0, 0.05) is 50.8 Å². The summed E-state index contributed by atoms with van der Waals surface area (Å²) in [5, 5.41) is 5.39. The summed E-state index contributed by atoms with van der Waals surface area (Å²) in [5.41, 5.74) is 12.0. The van der Waals surface area contributed by atoms with E-state index in [2.05, 4.69) is 10.6 Å². The summed E-state index contributed by atoms with van der Waals surface area (Å²) in [5.74, 6) is -2.66. The first kappa shape index (κ1) is 38.1. The summed E-state index contributed by atoms with van der Waals surface area (Å²) in [4.78, 5) is 64.3. The van der Waals surface area contributed by atoms with Gasteiger partial charge in [0.1, 0.15) is 12.2 Å². The molecule has 2 rings (SSSR count). The summed E-state index contributed by atoms with van der Waals surface area (Å²) < 4.78 is 22.9. The lowest BCUT2D eigenvalue weighted by Gasteiger charge is -2.32. The van der Waals surface area contributed by atoms with Gasteiger partial charge in [0.25, 0.3) is 5.91 Å². The molecule has 2 aliphatic rings. The van der Waals surface area contributed by atoms with Gasteiger partial charge in [-0.2, -0.15) is 0 Å². The van der Waals surface area contributed by atoms with Crippen molar-refractivity contribution in [2.75, 3.05) is 27.8 Å². The molecule has 1 aliphatic heterocycles. The van der Waals surface area contributed by atoms with Gasteiger partial charge in [-0.1, -0.05) is 38.2 Å². The molecular weight excluding hydrogens is 596 g/mol. The van der Waals surface area contributed by atoms with Gasteiger partial charge in [-0.15, -0.1) is 0 Å². The summed E-state index contributed by atoms with van der Waals surface area (Å²) in [6.45, 7) is 7.33. The van der Waals surface area contributed by atoms with E-state index in [-0.39, 0.29) is 41.3 Å². The predicted molar refractivity (Wildman–Crippen MR) is 171 cm³/mol. The number of likely N-dealkylation sites (N-methyl/N-ethyl adjacent to an activating group) is 1. The number of methoxy groups -OCH3 is 2. The van der Waals surface area contributed by atoms with Crippen molar-refractivity contribution in [3.8, 4) is 0 Å². The van der Waals surface area contributed by atoms with Crippen molar-refractivity contribution in [2.24, 2.45) is 23.3 Å². The number of carbonyl (C=O) groups excluding carboxylic acids is 5. The highest BCUT2D eigenvalue weighted by Gasteiger charge is 2.35. The van der Waals surface area contributed by atoms with Gasteiger partial charge in [0.05, 0.1) is 17.5 Å². The SMILES string of the molecule is CNC1=C2CC(C)CC(OC)[C@@H](OC(=O)CCCN)[C@H](C)/C=C(\C)[C@@H](OC(N)=O)[C@H](OC)/C=C\C=C(/C)C(=O)NC(=CC1=O)C2=O. The Morgan fingerprint density at radius 2 is 1.78 bits per heavy atom. The third-order valence-corrected chi connectivity index (χ3v) is 7.86. The second kappa shape index (κ2) is 18.2. The summed E-state index contributed by atoms with van der Waals surface area (Å²) >= 11 is 0. The Morgan fingerprint density at radius 1 is 1.09 bits per heavy atom. The molecule has 46 heavy (non-hydrogen) atoms. The Kier molecular flexibility index (Phi) is 15.1. The molecule has 6 N–H and O–H groups in total. The van der Waals surface area contributed by atoms with E-state index in [4.69, 9.17) is 30.4 Å². The third kappa shape index (κ3) is 10.5. The van der Waals surface area contributed by atoms with Gasteiger partial charge >= 0.3 is 12.1 Å². The lowest BCUT2D eigenvalue weighted by Crippen LogP contribution is -2.40. The molecule has 0 saturated carbocycles. The average Bonchev–Trinajstić information content (AvgIpc) is 3.00. The van der Waals surface area contributed by atoms with Crippen LogP contribution in [0.3, 0.4) is 0 Å². The van der Waals surface area contributed by atoms with E-state index < -0.39 is 59.9 Å². The number of hydrogen-bond donors (Lipinski definition) is 4. The van der Waals surface area contributed by atoms with Crippen molar-refractivity contribution >= 4 is 29.5 Å². The van der Waals surface area contributed by atoms with Crippen LogP contribution in [0.5, 0.6) is 0 Å². The average molecular weight is 645 g/mol. The van der Waals surface area contributed by atoms with Gasteiger partial charge in [-0.25, -0.2) is 4.79 Å². The molecule has 1 aliphatic carbocycles. The van der Waals surface area contributed by atoms with Gasteiger partial charge in [0.15, 0.2) is 6.10 Å². The number of nitrogens with one attached hydrogen (secondary N) is 2. The largest absolute Gasteiger partial charge is 0.459 e. The molecule has 2 amide bonds. The summed E-state index contributed by atoms with van der Waals surface area (Å²) in [6, 6.07) is 0. The number of hydrogen-bond acceptors (Lipinski definition) is 11. The molecular formula is C33H48N4O9. The van der Waals surface area contributed by atoms with E-state index in [0.717, 1.165) is 6.08 Å². The number of rotatable bonds is 8. The van der Waals surface area contributed by atoms with Crippen LogP contribution in [0.25, 0.3) is 0 Å². The zero-order chi connectivity index (χ0) is 34.6. The van der Waals surface area contributed by atoms with E-state index in [1.807, 2.05) is 13.8 Å². The fourth-order valence-corrected chi connectivity index (χ4v) is 5.48. The Hall–Kier alpha value is -4.07. The van der Waals surface area contributed by atoms with Crippen molar-refractivity contribution in [3.05, 3.63) is 58.5 Å². The summed E-state index contributed by atoms with van der Waals surface area (Å²) in [6.07, 6.45) is 4.36. The Balaban J connectivity index is 2.70. The maximum Gasteiger partial charge on any atom is 0.405 e. The van der Waals surface area contributed by atoms with Crippen molar-refractivity contribution in [2.45, 2.75) is 77.8 Å². The molecule has 0 saturated heterocycles. The minimum Gasteiger partial charge on any atom is -0.459 e. The minimum atomic E-state index is -1.02. The van der Waals surface area contributed by atoms with Crippen LogP contribution >= 0.6 is 0 Å². The predicted octanol–water partition coefficient (Wildman–Crippen LogP) is 2.27. The first-order valence-electron chi connectivity index (χ1n) is 15.2. The number of amides is 2. The molecule has 0 aromatic heterocycles. The Morgan fingerprint density at radius 3 is 2.37 bits per heavy atom.